The van der Waals surface area contributed by atoms with Crippen LogP contribution in [0.5, 0.6) is 0 Å². The van der Waals surface area contributed by atoms with Crippen molar-refractivity contribution in [3.63, 3.8) is 0 Å². The summed E-state index contributed by atoms with van der Waals surface area (Å²) in [6.45, 7) is 5.72. The van der Waals surface area contributed by atoms with Gasteiger partial charge in [0.1, 0.15) is 0 Å². The molecule has 0 amide bonds. The van der Waals surface area contributed by atoms with Gasteiger partial charge >= 0.3 is 5.69 Å². The number of nitrogens with zero attached hydrogens (tertiary/aromatic N) is 2. The number of hydrogen-bond acceptors (Lipinski definition) is 3. The monoisotopic (exact) mass is 342 g/mol. The fourth-order valence-corrected chi connectivity index (χ4v) is 4.27. The van der Waals surface area contributed by atoms with Crippen molar-refractivity contribution in [2.24, 2.45) is 5.92 Å². The number of piperidine rings is 1. The molecule has 5 nitrogen and oxygen atoms in total. The van der Waals surface area contributed by atoms with Gasteiger partial charge in [-0.05, 0) is 69.8 Å². The molecule has 2 fully saturated rings. The average Bonchev–Trinajstić information content (AvgIpc) is 2.93. The molecule has 2 heterocycles. The van der Waals surface area contributed by atoms with Gasteiger partial charge in [0.15, 0.2) is 0 Å². The molecule has 25 heavy (non-hydrogen) atoms. The van der Waals surface area contributed by atoms with Crippen molar-refractivity contribution in [2.45, 2.75) is 44.6 Å². The Balaban J connectivity index is 1.24. The lowest BCUT2D eigenvalue weighted by atomic mass is 9.85. The number of rotatable bonds is 7. The van der Waals surface area contributed by atoms with Gasteiger partial charge < -0.3 is 15.2 Å². The van der Waals surface area contributed by atoms with E-state index < -0.39 is 0 Å². The van der Waals surface area contributed by atoms with Crippen molar-refractivity contribution in [3.8, 4) is 0 Å². The number of aromatic nitrogens is 2. The molecule has 0 radical (unpaired) electrons. The summed E-state index contributed by atoms with van der Waals surface area (Å²) in [5.74, 6) is 0.949. The summed E-state index contributed by atoms with van der Waals surface area (Å²) in [6.07, 6.45) is 7.64. The van der Waals surface area contributed by atoms with Crippen LogP contribution in [0.3, 0.4) is 0 Å². The standard InChI is InChI=1S/C20H30N4O/c25-20-22-18-7-1-2-8-19(18)24(20)17-9-13-23(14-10-17)12-4-11-21-15-16-5-3-6-16/h1-2,7-8,16-17,21H,3-6,9-15H2,(H,22,25). The van der Waals surface area contributed by atoms with E-state index in [0.29, 0.717) is 6.04 Å². The van der Waals surface area contributed by atoms with Crippen molar-refractivity contribution in [2.75, 3.05) is 32.7 Å². The van der Waals surface area contributed by atoms with Gasteiger partial charge in [0.05, 0.1) is 11.0 Å². The molecule has 1 saturated carbocycles. The minimum Gasteiger partial charge on any atom is -0.316 e. The maximum Gasteiger partial charge on any atom is 0.326 e. The molecule has 0 atom stereocenters. The molecular weight excluding hydrogens is 312 g/mol. The highest BCUT2D eigenvalue weighted by atomic mass is 16.1. The van der Waals surface area contributed by atoms with Crippen LogP contribution < -0.4 is 11.0 Å². The van der Waals surface area contributed by atoms with Gasteiger partial charge in [0.25, 0.3) is 0 Å². The summed E-state index contributed by atoms with van der Waals surface area (Å²) < 4.78 is 1.98. The molecule has 1 aliphatic heterocycles. The van der Waals surface area contributed by atoms with E-state index in [4.69, 9.17) is 0 Å². The number of H-pyrrole nitrogens is 1. The van der Waals surface area contributed by atoms with Crippen LogP contribution in [0.1, 0.15) is 44.6 Å². The fourth-order valence-electron chi connectivity index (χ4n) is 4.27. The van der Waals surface area contributed by atoms with Gasteiger partial charge in [-0.3, -0.25) is 4.57 Å². The summed E-state index contributed by atoms with van der Waals surface area (Å²) in [5.41, 5.74) is 2.04. The molecule has 1 aromatic carbocycles. The van der Waals surface area contributed by atoms with Crippen molar-refractivity contribution in [3.05, 3.63) is 34.7 Å². The van der Waals surface area contributed by atoms with Crippen LogP contribution in [0.2, 0.25) is 0 Å². The van der Waals surface area contributed by atoms with E-state index in [1.54, 1.807) is 0 Å². The Bertz CT molecular complexity index is 737. The van der Waals surface area contributed by atoms with E-state index >= 15 is 0 Å². The number of imidazole rings is 1. The second-order valence-electron chi connectivity index (χ2n) is 7.74. The Morgan fingerprint density at radius 2 is 1.92 bits per heavy atom. The molecule has 1 aromatic heterocycles. The van der Waals surface area contributed by atoms with Gasteiger partial charge in [-0.25, -0.2) is 4.79 Å². The topological polar surface area (TPSA) is 53.1 Å². The number of hydrogen-bond donors (Lipinski definition) is 2. The highest BCUT2D eigenvalue weighted by Crippen LogP contribution is 2.26. The summed E-state index contributed by atoms with van der Waals surface area (Å²) in [4.78, 5) is 17.9. The quantitative estimate of drug-likeness (QED) is 0.761. The van der Waals surface area contributed by atoms with Crippen molar-refractivity contribution < 1.29 is 0 Å². The first-order valence-corrected chi connectivity index (χ1v) is 9.93. The number of benzene rings is 1. The normalized spacial score (nSPS) is 20.2. The summed E-state index contributed by atoms with van der Waals surface area (Å²) in [5, 5.41) is 3.61. The van der Waals surface area contributed by atoms with Gasteiger partial charge in [-0.1, -0.05) is 18.6 Å². The lowest BCUT2D eigenvalue weighted by molar-refractivity contribution is 0.184. The molecule has 5 heteroatoms. The van der Waals surface area contributed by atoms with Crippen LogP contribution >= 0.6 is 0 Å². The minimum atomic E-state index is 0.0415. The van der Waals surface area contributed by atoms with E-state index in [2.05, 4.69) is 15.2 Å². The van der Waals surface area contributed by atoms with Crippen molar-refractivity contribution in [1.29, 1.82) is 0 Å². The van der Waals surface area contributed by atoms with Crippen LogP contribution in [-0.4, -0.2) is 47.2 Å². The van der Waals surface area contributed by atoms with Crippen molar-refractivity contribution >= 4 is 11.0 Å². The summed E-state index contributed by atoms with van der Waals surface area (Å²) in [6, 6.07) is 8.35. The van der Waals surface area contributed by atoms with Crippen LogP contribution in [-0.2, 0) is 0 Å². The van der Waals surface area contributed by atoms with Gasteiger partial charge in [-0.15, -0.1) is 0 Å². The summed E-state index contributed by atoms with van der Waals surface area (Å²) in [7, 11) is 0. The molecule has 4 rings (SSSR count). The second-order valence-corrected chi connectivity index (χ2v) is 7.74. The third-order valence-corrected chi connectivity index (χ3v) is 6.03. The number of para-hydroxylation sites is 2. The van der Waals surface area contributed by atoms with E-state index in [-0.39, 0.29) is 5.69 Å². The Kier molecular flexibility index (Phi) is 5.22. The van der Waals surface area contributed by atoms with E-state index in [9.17, 15) is 4.79 Å². The Hall–Kier alpha value is -1.59. The molecular formula is C20H30N4O. The number of nitrogens with one attached hydrogen (secondary N) is 2. The van der Waals surface area contributed by atoms with Crippen molar-refractivity contribution in [1.82, 2.24) is 19.8 Å². The van der Waals surface area contributed by atoms with E-state index in [1.165, 1.54) is 38.8 Å². The van der Waals surface area contributed by atoms with Crippen LogP contribution in [0.25, 0.3) is 11.0 Å². The lowest BCUT2D eigenvalue weighted by Crippen LogP contribution is -2.38. The number of aromatic amines is 1. The van der Waals surface area contributed by atoms with E-state index in [1.807, 2.05) is 28.8 Å². The maximum absolute atomic E-state index is 12.3. The number of likely N-dealkylation sites (tertiary alicyclic amines) is 1. The Morgan fingerprint density at radius 1 is 1.12 bits per heavy atom. The zero-order valence-corrected chi connectivity index (χ0v) is 15.0. The smallest absolute Gasteiger partial charge is 0.316 e. The molecule has 2 aliphatic rings. The largest absolute Gasteiger partial charge is 0.326 e. The molecule has 0 unspecified atom stereocenters. The number of fused-ring (bicyclic) bond motifs is 1. The molecule has 0 bridgehead atoms. The molecule has 1 aliphatic carbocycles. The fraction of sp³-hybridized carbons (Fsp3) is 0.650. The Morgan fingerprint density at radius 3 is 2.68 bits per heavy atom. The first-order valence-electron chi connectivity index (χ1n) is 9.93. The van der Waals surface area contributed by atoms with Gasteiger partial charge in [0.2, 0.25) is 0 Å². The molecule has 2 N–H and O–H groups in total. The summed E-state index contributed by atoms with van der Waals surface area (Å²) >= 11 is 0. The van der Waals surface area contributed by atoms with Crippen LogP contribution in [0.4, 0.5) is 0 Å². The molecule has 2 aromatic rings. The molecule has 1 saturated heterocycles. The highest BCUT2D eigenvalue weighted by Gasteiger charge is 2.23. The first kappa shape index (κ1) is 16.9. The first-order chi connectivity index (χ1) is 12.3. The molecule has 0 spiro atoms. The van der Waals surface area contributed by atoms with E-state index in [0.717, 1.165) is 49.4 Å². The Labute approximate surface area is 149 Å². The predicted octanol–water partition coefficient (Wildman–Crippen LogP) is 2.75. The predicted molar refractivity (Wildman–Crippen MR) is 102 cm³/mol. The van der Waals surface area contributed by atoms with Gasteiger partial charge in [0, 0.05) is 19.1 Å². The zero-order valence-electron chi connectivity index (χ0n) is 15.0. The third-order valence-electron chi connectivity index (χ3n) is 6.03. The van der Waals surface area contributed by atoms with Gasteiger partial charge in [-0.2, -0.15) is 0 Å². The maximum atomic E-state index is 12.3. The van der Waals surface area contributed by atoms with Crippen LogP contribution in [0, 0.1) is 5.92 Å². The lowest BCUT2D eigenvalue weighted by Gasteiger charge is -2.32. The third kappa shape index (κ3) is 3.82. The average molecular weight is 342 g/mol. The second kappa shape index (κ2) is 7.75. The zero-order chi connectivity index (χ0) is 17.1. The SMILES string of the molecule is O=c1[nH]c2ccccc2n1C1CCN(CCCNCC2CCC2)CC1. The van der Waals surface area contributed by atoms with Crippen LogP contribution in [0.15, 0.2) is 29.1 Å². The highest BCUT2D eigenvalue weighted by molar-refractivity contribution is 5.75. The minimum absolute atomic E-state index is 0.0415. The molecule has 136 valence electrons.